The van der Waals surface area contributed by atoms with Crippen LogP contribution in [0.3, 0.4) is 0 Å². The molecule has 2 heterocycles. The van der Waals surface area contributed by atoms with Crippen LogP contribution in [0.1, 0.15) is 139 Å². The number of Topliss-reactive ketones (excluding diaryl/α,β-unsaturated/α-hetero) is 1. The lowest BCUT2D eigenvalue weighted by molar-refractivity contribution is -0.232. The van der Waals surface area contributed by atoms with Crippen molar-refractivity contribution in [2.45, 2.75) is 152 Å². The van der Waals surface area contributed by atoms with Crippen LogP contribution >= 0.6 is 11.6 Å². The second kappa shape index (κ2) is 13.2. The summed E-state index contributed by atoms with van der Waals surface area (Å²) in [5.74, 6) is 0.418. The molecule has 0 unspecified atom stereocenters. The molecule has 4 saturated carbocycles. The molecule has 2 aromatic rings. The standard InChI is InChI=1S/C45H62ClN3O6/c1-11-48-32(22-35(51)49(48)34-15-12-27(46)25-47-34)45-21-20-43(9)28(38(45)37(26(2)3)29(50)23-45)13-14-31-42(8)18-17-33(55-36(52)24-40(4,5)39(53)54)41(6,7)30(42)16-19-44(31,43)10/h12,15,22,25-26,28,30-31,33H,11,13-14,16-21,23-24H2,1-10H3,(H,53,54)/t28-,30+,31-,33+,42+,43-,44-,45+/m1/s1. The van der Waals surface area contributed by atoms with Crippen LogP contribution in [0.5, 0.6) is 0 Å². The second-order valence-electron chi connectivity index (χ2n) is 20.2. The highest BCUT2D eigenvalue weighted by Crippen LogP contribution is 2.76. The largest absolute Gasteiger partial charge is 0.481 e. The number of hydrogen-bond acceptors (Lipinski definition) is 6. The number of halogens is 1. The monoisotopic (exact) mass is 775 g/mol. The van der Waals surface area contributed by atoms with Crippen molar-refractivity contribution in [3.63, 3.8) is 0 Å². The van der Waals surface area contributed by atoms with Gasteiger partial charge in [-0.2, -0.15) is 4.68 Å². The molecule has 1 N–H and O–H groups in total. The summed E-state index contributed by atoms with van der Waals surface area (Å²) in [7, 11) is 0. The fourth-order valence-electron chi connectivity index (χ4n) is 13.7. The number of aliphatic carboxylic acids is 1. The number of aromatic nitrogens is 3. The zero-order chi connectivity index (χ0) is 40.3. The zero-order valence-corrected chi connectivity index (χ0v) is 35.4. The van der Waals surface area contributed by atoms with E-state index >= 15 is 0 Å². The van der Waals surface area contributed by atoms with Crippen LogP contribution in [0.15, 0.2) is 40.3 Å². The molecule has 5 aliphatic rings. The highest BCUT2D eigenvalue weighted by molar-refractivity contribution is 6.30. The van der Waals surface area contributed by atoms with Gasteiger partial charge in [0.2, 0.25) is 0 Å². The third kappa shape index (κ3) is 5.69. The summed E-state index contributed by atoms with van der Waals surface area (Å²) in [5.41, 5.74) is 1.09. The Balaban J connectivity index is 1.25. The van der Waals surface area contributed by atoms with E-state index in [9.17, 15) is 24.3 Å². The highest BCUT2D eigenvalue weighted by Gasteiger charge is 2.70. The first kappa shape index (κ1) is 40.0. The molecule has 55 heavy (non-hydrogen) atoms. The third-order valence-corrected chi connectivity index (χ3v) is 16.7. The van der Waals surface area contributed by atoms with Crippen LogP contribution in [-0.4, -0.2) is 43.3 Å². The Morgan fingerprint density at radius 3 is 2.31 bits per heavy atom. The van der Waals surface area contributed by atoms with Gasteiger partial charge in [0.15, 0.2) is 11.6 Å². The van der Waals surface area contributed by atoms with E-state index in [1.54, 1.807) is 42.9 Å². The minimum absolute atomic E-state index is 0.0166. The van der Waals surface area contributed by atoms with E-state index in [1.807, 2.05) is 0 Å². The first-order chi connectivity index (χ1) is 25.6. The molecule has 0 radical (unpaired) electrons. The normalized spacial score (nSPS) is 35.5. The van der Waals surface area contributed by atoms with Crippen molar-refractivity contribution in [2.75, 3.05) is 0 Å². The van der Waals surface area contributed by atoms with E-state index in [0.717, 1.165) is 62.6 Å². The number of carboxylic acids is 1. The van der Waals surface area contributed by atoms with Gasteiger partial charge in [0.25, 0.3) is 5.56 Å². The van der Waals surface area contributed by atoms with Crippen molar-refractivity contribution < 1.29 is 24.2 Å². The average Bonchev–Trinajstić information content (AvgIpc) is 3.60. The molecule has 0 aromatic carbocycles. The van der Waals surface area contributed by atoms with Gasteiger partial charge in [-0.15, -0.1) is 0 Å². The number of nitrogens with zero attached hydrogens (tertiary/aromatic N) is 3. The molecule has 0 aliphatic heterocycles. The zero-order valence-electron chi connectivity index (χ0n) is 34.7. The number of fused-ring (bicyclic) bond motifs is 7. The van der Waals surface area contributed by atoms with E-state index in [2.05, 4.69) is 65.1 Å². The van der Waals surface area contributed by atoms with Crippen molar-refractivity contribution in [1.82, 2.24) is 14.3 Å². The van der Waals surface area contributed by atoms with Gasteiger partial charge >= 0.3 is 11.9 Å². The lowest BCUT2D eigenvalue weighted by Gasteiger charge is -2.72. The van der Waals surface area contributed by atoms with Crippen molar-refractivity contribution >= 4 is 29.3 Å². The van der Waals surface area contributed by atoms with Gasteiger partial charge < -0.3 is 9.84 Å². The number of allylic oxidation sites excluding steroid dienone is 2. The van der Waals surface area contributed by atoms with Gasteiger partial charge in [-0.05, 0) is 135 Å². The number of ether oxygens (including phenoxy) is 1. The van der Waals surface area contributed by atoms with Crippen LogP contribution in [0.4, 0.5) is 0 Å². The molecule has 0 amide bonds. The van der Waals surface area contributed by atoms with Gasteiger partial charge in [0.1, 0.15) is 6.10 Å². The fraction of sp³-hybridized carbons (Fsp3) is 0.711. The van der Waals surface area contributed by atoms with E-state index in [-0.39, 0.29) is 57.4 Å². The number of esters is 1. The minimum Gasteiger partial charge on any atom is -0.481 e. The van der Waals surface area contributed by atoms with Crippen molar-refractivity contribution in [3.05, 3.63) is 56.6 Å². The molecule has 0 saturated heterocycles. The van der Waals surface area contributed by atoms with Crippen LogP contribution in [-0.2, 0) is 31.1 Å². The second-order valence-corrected chi connectivity index (χ2v) is 20.6. The average molecular weight is 776 g/mol. The number of carbonyl (C=O) groups is 3. The summed E-state index contributed by atoms with van der Waals surface area (Å²) in [4.78, 5) is 57.8. The van der Waals surface area contributed by atoms with Crippen molar-refractivity contribution in [2.24, 2.45) is 50.7 Å². The Labute approximate surface area is 331 Å². The maximum Gasteiger partial charge on any atom is 0.309 e. The van der Waals surface area contributed by atoms with E-state index in [0.29, 0.717) is 35.6 Å². The molecular weight excluding hydrogens is 714 g/mol. The summed E-state index contributed by atoms with van der Waals surface area (Å²) in [6, 6.07) is 5.32. The summed E-state index contributed by atoms with van der Waals surface area (Å²) in [6.07, 6.45) is 9.22. The first-order valence-corrected chi connectivity index (χ1v) is 21.1. The quantitative estimate of drug-likeness (QED) is 0.265. The molecule has 0 spiro atoms. The summed E-state index contributed by atoms with van der Waals surface area (Å²) in [6.45, 7) is 22.2. The Bertz CT molecular complexity index is 2010. The number of rotatable bonds is 8. The number of ketones is 1. The van der Waals surface area contributed by atoms with E-state index in [1.165, 1.54) is 5.57 Å². The Morgan fingerprint density at radius 2 is 1.69 bits per heavy atom. The summed E-state index contributed by atoms with van der Waals surface area (Å²) < 4.78 is 9.91. The number of pyridine rings is 1. The van der Waals surface area contributed by atoms with Gasteiger partial charge in [-0.25, -0.2) is 4.98 Å². The van der Waals surface area contributed by atoms with Crippen LogP contribution in [0.2, 0.25) is 5.02 Å². The minimum atomic E-state index is -1.18. The molecule has 300 valence electrons. The summed E-state index contributed by atoms with van der Waals surface area (Å²) in [5, 5.41) is 10.1. The molecule has 2 aromatic heterocycles. The number of carboxylic acid groups (broad SMARTS) is 1. The third-order valence-electron chi connectivity index (χ3n) is 16.5. The Hall–Kier alpha value is -3.20. The van der Waals surface area contributed by atoms with Gasteiger partial charge in [-0.1, -0.05) is 60.1 Å². The maximum atomic E-state index is 14.4. The lowest BCUT2D eigenvalue weighted by Crippen LogP contribution is -2.66. The van der Waals surface area contributed by atoms with E-state index < -0.39 is 22.8 Å². The van der Waals surface area contributed by atoms with Crippen LogP contribution < -0.4 is 5.56 Å². The van der Waals surface area contributed by atoms with Crippen LogP contribution in [0, 0.1) is 50.7 Å². The Kier molecular flexibility index (Phi) is 9.58. The molecule has 0 bridgehead atoms. The summed E-state index contributed by atoms with van der Waals surface area (Å²) >= 11 is 6.19. The van der Waals surface area contributed by atoms with E-state index in [4.69, 9.17) is 16.3 Å². The molecule has 8 atom stereocenters. The van der Waals surface area contributed by atoms with Crippen molar-refractivity contribution in [3.8, 4) is 5.82 Å². The predicted molar refractivity (Wildman–Crippen MR) is 213 cm³/mol. The van der Waals surface area contributed by atoms with Gasteiger partial charge in [-0.3, -0.25) is 23.9 Å². The molecule has 4 fully saturated rings. The lowest BCUT2D eigenvalue weighted by atomic mass is 9.33. The van der Waals surface area contributed by atoms with Gasteiger partial charge in [0, 0.05) is 36.1 Å². The van der Waals surface area contributed by atoms with Crippen LogP contribution in [0.25, 0.3) is 5.82 Å². The van der Waals surface area contributed by atoms with Crippen molar-refractivity contribution in [1.29, 1.82) is 0 Å². The fourth-order valence-corrected chi connectivity index (χ4v) is 13.8. The topological polar surface area (TPSA) is 120 Å². The molecule has 9 nitrogen and oxygen atoms in total. The Morgan fingerprint density at radius 1 is 0.982 bits per heavy atom. The predicted octanol–water partition coefficient (Wildman–Crippen LogP) is 9.35. The molecule has 7 rings (SSSR count). The smallest absolute Gasteiger partial charge is 0.309 e. The molecule has 10 heteroatoms. The molecule has 5 aliphatic carbocycles. The molecular formula is C45H62ClN3O6. The number of carbonyl (C=O) groups excluding carboxylic acids is 2. The maximum absolute atomic E-state index is 14.4. The van der Waals surface area contributed by atoms with Gasteiger partial charge in [0.05, 0.1) is 22.6 Å². The highest BCUT2D eigenvalue weighted by atomic mass is 35.5. The first-order valence-electron chi connectivity index (χ1n) is 20.7. The number of hydrogen-bond donors (Lipinski definition) is 1. The SMILES string of the molecule is CCn1c([C@@]23CC[C@]4(C)[C@H](CC[C@@H]5[C@@]6(C)CC[C@H](OC(=O)CC(C)(C)C(=O)O)C(C)(C)[C@@H]6CC[C@]54C)C2=C(C(C)C)C(=O)C3)cc(=O)n1-c1ccc(Cl)cn1.